The summed E-state index contributed by atoms with van der Waals surface area (Å²) in [6, 6.07) is 2.02. The molecule has 1 saturated heterocycles. The second kappa shape index (κ2) is 4.33. The molecule has 0 radical (unpaired) electrons. The molecule has 0 spiro atoms. The number of aliphatic hydroxyl groups is 1. The Balaban J connectivity index is 1.89. The molecule has 4 heteroatoms. The van der Waals surface area contributed by atoms with Gasteiger partial charge in [0.2, 0.25) is 0 Å². The van der Waals surface area contributed by atoms with E-state index in [1.807, 2.05) is 24.0 Å². The Morgan fingerprint density at radius 3 is 2.87 bits per heavy atom. The van der Waals surface area contributed by atoms with E-state index in [2.05, 4.69) is 10.4 Å². The summed E-state index contributed by atoms with van der Waals surface area (Å²) in [5.74, 6) is 0. The van der Waals surface area contributed by atoms with Gasteiger partial charge >= 0.3 is 0 Å². The lowest BCUT2D eigenvalue weighted by atomic mass is 9.87. The van der Waals surface area contributed by atoms with Crippen LogP contribution in [0.5, 0.6) is 0 Å². The van der Waals surface area contributed by atoms with E-state index in [1.165, 1.54) is 5.69 Å². The third kappa shape index (κ3) is 2.58. The predicted octanol–water partition coefficient (Wildman–Crippen LogP) is 0.467. The predicted molar refractivity (Wildman–Crippen MR) is 58.6 cm³/mol. The number of nitrogens with one attached hydrogen (secondary N) is 1. The zero-order valence-electron chi connectivity index (χ0n) is 9.24. The van der Waals surface area contributed by atoms with Crippen molar-refractivity contribution in [1.82, 2.24) is 15.1 Å². The van der Waals surface area contributed by atoms with Gasteiger partial charge in [-0.3, -0.25) is 4.68 Å². The first kappa shape index (κ1) is 10.6. The molecule has 0 aromatic carbocycles. The van der Waals surface area contributed by atoms with Gasteiger partial charge in [-0.05, 0) is 44.8 Å². The summed E-state index contributed by atoms with van der Waals surface area (Å²) in [6.45, 7) is 1.86. The molecule has 1 aliphatic rings. The highest BCUT2D eigenvalue weighted by atomic mass is 16.3. The van der Waals surface area contributed by atoms with E-state index < -0.39 is 5.60 Å². The number of aromatic nitrogens is 2. The average Bonchev–Trinajstić information content (AvgIpc) is 2.62. The number of nitrogens with zero attached hydrogens (tertiary/aromatic N) is 2. The topological polar surface area (TPSA) is 50.1 Å². The zero-order valence-corrected chi connectivity index (χ0v) is 9.24. The summed E-state index contributed by atoms with van der Waals surface area (Å²) in [4.78, 5) is 0. The first-order valence-corrected chi connectivity index (χ1v) is 5.60. The Morgan fingerprint density at radius 2 is 2.27 bits per heavy atom. The number of hydrogen-bond acceptors (Lipinski definition) is 3. The second-order valence-electron chi connectivity index (χ2n) is 4.42. The van der Waals surface area contributed by atoms with Gasteiger partial charge in [-0.15, -0.1) is 0 Å². The Morgan fingerprint density at radius 1 is 1.53 bits per heavy atom. The monoisotopic (exact) mass is 209 g/mol. The van der Waals surface area contributed by atoms with Gasteiger partial charge in [-0.25, -0.2) is 0 Å². The third-order valence-corrected chi connectivity index (χ3v) is 3.30. The highest BCUT2D eigenvalue weighted by Crippen LogP contribution is 2.23. The van der Waals surface area contributed by atoms with E-state index in [-0.39, 0.29) is 0 Å². The molecule has 84 valence electrons. The molecule has 0 bridgehead atoms. The van der Waals surface area contributed by atoms with Crippen LogP contribution in [0.3, 0.4) is 0 Å². The van der Waals surface area contributed by atoms with Gasteiger partial charge in [0, 0.05) is 18.9 Å². The molecular formula is C11H19N3O. The first-order valence-electron chi connectivity index (χ1n) is 5.60. The van der Waals surface area contributed by atoms with E-state index >= 15 is 0 Å². The van der Waals surface area contributed by atoms with Crippen LogP contribution in [0.4, 0.5) is 0 Å². The van der Waals surface area contributed by atoms with E-state index in [1.54, 1.807) is 0 Å². The molecule has 0 amide bonds. The van der Waals surface area contributed by atoms with Crippen LogP contribution in [-0.2, 0) is 13.5 Å². The maximum absolute atomic E-state index is 10.3. The molecule has 1 aliphatic heterocycles. The second-order valence-corrected chi connectivity index (χ2v) is 4.42. The Labute approximate surface area is 90.3 Å². The molecule has 1 aromatic heterocycles. The van der Waals surface area contributed by atoms with Crippen molar-refractivity contribution >= 4 is 0 Å². The quantitative estimate of drug-likeness (QED) is 0.760. The van der Waals surface area contributed by atoms with Crippen LogP contribution in [0.2, 0.25) is 0 Å². The minimum absolute atomic E-state index is 0.463. The third-order valence-electron chi connectivity index (χ3n) is 3.30. The molecule has 4 nitrogen and oxygen atoms in total. The Kier molecular flexibility index (Phi) is 3.07. The lowest BCUT2D eigenvalue weighted by molar-refractivity contribution is 0.00245. The van der Waals surface area contributed by atoms with Crippen LogP contribution < -0.4 is 5.32 Å². The fraction of sp³-hybridized carbons (Fsp3) is 0.727. The summed E-state index contributed by atoms with van der Waals surface area (Å²) < 4.78 is 1.88. The van der Waals surface area contributed by atoms with Crippen LogP contribution in [-0.4, -0.2) is 33.6 Å². The normalized spacial score (nSPS) is 20.4. The SMILES string of the molecule is Cn1nccc1CCC1(O)CCNCC1. The minimum atomic E-state index is -0.463. The standard InChI is InChI=1S/C11H19N3O/c1-14-10(3-7-13-14)2-4-11(15)5-8-12-9-6-11/h3,7,12,15H,2,4-6,8-9H2,1H3. The van der Waals surface area contributed by atoms with E-state index in [0.29, 0.717) is 0 Å². The number of hydrogen-bond donors (Lipinski definition) is 2. The first-order chi connectivity index (χ1) is 7.20. The van der Waals surface area contributed by atoms with Crippen molar-refractivity contribution in [1.29, 1.82) is 0 Å². The van der Waals surface area contributed by atoms with Crippen molar-refractivity contribution in [2.24, 2.45) is 7.05 Å². The van der Waals surface area contributed by atoms with E-state index in [9.17, 15) is 5.11 Å². The van der Waals surface area contributed by atoms with Crippen molar-refractivity contribution in [3.63, 3.8) is 0 Å². The van der Waals surface area contributed by atoms with Gasteiger partial charge in [0.1, 0.15) is 0 Å². The van der Waals surface area contributed by atoms with Crippen molar-refractivity contribution in [3.8, 4) is 0 Å². The number of rotatable bonds is 3. The molecule has 2 heterocycles. The molecule has 0 saturated carbocycles. The van der Waals surface area contributed by atoms with Gasteiger partial charge in [0.25, 0.3) is 0 Å². The van der Waals surface area contributed by atoms with E-state index in [4.69, 9.17) is 0 Å². The number of piperidine rings is 1. The largest absolute Gasteiger partial charge is 0.390 e. The van der Waals surface area contributed by atoms with Crippen molar-refractivity contribution in [2.45, 2.75) is 31.3 Å². The summed E-state index contributed by atoms with van der Waals surface area (Å²) in [5, 5.41) is 17.7. The molecule has 1 aromatic rings. The fourth-order valence-corrected chi connectivity index (χ4v) is 2.15. The molecule has 0 atom stereocenters. The van der Waals surface area contributed by atoms with Gasteiger partial charge in [-0.2, -0.15) is 5.10 Å². The molecular weight excluding hydrogens is 190 g/mol. The van der Waals surface area contributed by atoms with Crippen molar-refractivity contribution in [2.75, 3.05) is 13.1 Å². The van der Waals surface area contributed by atoms with Gasteiger partial charge < -0.3 is 10.4 Å². The Bertz CT molecular complexity index is 315. The molecule has 15 heavy (non-hydrogen) atoms. The lowest BCUT2D eigenvalue weighted by Gasteiger charge is -2.32. The van der Waals surface area contributed by atoms with Gasteiger partial charge in [-0.1, -0.05) is 0 Å². The summed E-state index contributed by atoms with van der Waals surface area (Å²) in [5.41, 5.74) is 0.733. The molecule has 1 fully saturated rings. The van der Waals surface area contributed by atoms with Crippen molar-refractivity contribution in [3.05, 3.63) is 18.0 Å². The maximum Gasteiger partial charge on any atom is 0.0675 e. The summed E-state index contributed by atoms with van der Waals surface area (Å²) in [7, 11) is 1.95. The van der Waals surface area contributed by atoms with Crippen LogP contribution in [0, 0.1) is 0 Å². The van der Waals surface area contributed by atoms with Crippen LogP contribution >= 0.6 is 0 Å². The maximum atomic E-state index is 10.3. The van der Waals surface area contributed by atoms with Gasteiger partial charge in [0.15, 0.2) is 0 Å². The minimum Gasteiger partial charge on any atom is -0.390 e. The molecule has 0 unspecified atom stereocenters. The zero-order chi connectivity index (χ0) is 10.7. The fourth-order valence-electron chi connectivity index (χ4n) is 2.15. The van der Waals surface area contributed by atoms with Crippen molar-refractivity contribution < 1.29 is 5.11 Å². The van der Waals surface area contributed by atoms with Crippen LogP contribution in [0.15, 0.2) is 12.3 Å². The van der Waals surface area contributed by atoms with Crippen LogP contribution in [0.25, 0.3) is 0 Å². The highest BCUT2D eigenvalue weighted by Gasteiger charge is 2.28. The average molecular weight is 209 g/mol. The molecule has 2 N–H and O–H groups in total. The molecule has 2 rings (SSSR count). The summed E-state index contributed by atoms with van der Waals surface area (Å²) >= 11 is 0. The molecule has 0 aliphatic carbocycles. The number of aryl methyl sites for hydroxylation is 2. The van der Waals surface area contributed by atoms with Crippen LogP contribution in [0.1, 0.15) is 25.0 Å². The lowest BCUT2D eigenvalue weighted by Crippen LogP contribution is -2.42. The Hall–Kier alpha value is -0.870. The smallest absolute Gasteiger partial charge is 0.0675 e. The van der Waals surface area contributed by atoms with Gasteiger partial charge in [0.05, 0.1) is 5.60 Å². The highest BCUT2D eigenvalue weighted by molar-refractivity contribution is 5.01. The summed E-state index contributed by atoms with van der Waals surface area (Å²) in [6.07, 6.45) is 5.29. The van der Waals surface area contributed by atoms with E-state index in [0.717, 1.165) is 38.8 Å².